The van der Waals surface area contributed by atoms with E-state index in [0.29, 0.717) is 5.65 Å². The molecule has 1 aliphatic carbocycles. The zero-order chi connectivity index (χ0) is 21.6. The molecule has 7 heteroatoms. The molecule has 1 spiro atoms. The number of hydrogen-bond acceptors (Lipinski definition) is 6. The van der Waals surface area contributed by atoms with Crippen LogP contribution in [0.5, 0.6) is 0 Å². The fourth-order valence-corrected chi connectivity index (χ4v) is 7.69. The van der Waals surface area contributed by atoms with Gasteiger partial charge in [0.1, 0.15) is 11.8 Å². The summed E-state index contributed by atoms with van der Waals surface area (Å²) in [5.74, 6) is 0.913. The van der Waals surface area contributed by atoms with Gasteiger partial charge >= 0.3 is 0 Å². The number of benzene rings is 1. The molecule has 33 heavy (non-hydrogen) atoms. The van der Waals surface area contributed by atoms with Gasteiger partial charge in [0.2, 0.25) is 0 Å². The molecule has 0 fully saturated rings. The quantitative estimate of drug-likeness (QED) is 0.291. The zero-order valence-electron chi connectivity index (χ0n) is 17.2. The lowest BCUT2D eigenvalue weighted by atomic mass is 9.66. The van der Waals surface area contributed by atoms with Crippen molar-refractivity contribution in [2.45, 2.75) is 5.41 Å². The summed E-state index contributed by atoms with van der Waals surface area (Å²) in [7, 11) is 0. The van der Waals surface area contributed by atoms with Crippen molar-refractivity contribution in [1.29, 1.82) is 0 Å². The van der Waals surface area contributed by atoms with Crippen LogP contribution in [-0.2, 0) is 5.41 Å². The molecule has 0 bridgehead atoms. The molecule has 0 unspecified atom stereocenters. The summed E-state index contributed by atoms with van der Waals surface area (Å²) in [6.45, 7) is 0. The first-order valence-electron chi connectivity index (χ1n) is 10.7. The third-order valence-electron chi connectivity index (χ3n) is 6.79. The van der Waals surface area contributed by atoms with Gasteiger partial charge in [-0.25, -0.2) is 24.6 Å². The molecule has 1 aromatic carbocycles. The van der Waals surface area contributed by atoms with Crippen LogP contribution in [0.1, 0.15) is 22.3 Å². The maximum atomic E-state index is 4.96. The molecule has 5 aromatic heterocycles. The van der Waals surface area contributed by atoms with E-state index in [2.05, 4.69) is 85.0 Å². The van der Waals surface area contributed by atoms with Crippen LogP contribution in [-0.4, -0.2) is 19.6 Å². The van der Waals surface area contributed by atoms with Crippen LogP contribution in [0.4, 0.5) is 11.5 Å². The molecule has 156 valence electrons. The van der Waals surface area contributed by atoms with Crippen LogP contribution in [0.25, 0.3) is 20.9 Å². The Balaban J connectivity index is 1.54. The highest BCUT2D eigenvalue weighted by molar-refractivity contribution is 7.21. The molecule has 2 aliphatic rings. The number of nitrogens with zero attached hydrogens (tertiary/aromatic N) is 5. The topological polar surface area (TPSA) is 46.8 Å². The largest absolute Gasteiger partial charge is 0.237 e. The average Bonchev–Trinajstić information content (AvgIpc) is 3.64. The molecular formula is C26H15N5S2. The molecule has 0 saturated heterocycles. The molecule has 0 atom stereocenters. The average molecular weight is 462 g/mol. The molecular weight excluding hydrogens is 446 g/mol. The van der Waals surface area contributed by atoms with E-state index in [1.165, 1.54) is 32.0 Å². The maximum Gasteiger partial charge on any atom is 0.179 e. The van der Waals surface area contributed by atoms with Gasteiger partial charge in [0.15, 0.2) is 11.5 Å². The standard InChI is InChI=1S/C26H15N5S2/c1-2-7-20-16(5-1)26(17-9-13-32-22(17)23-18(26)10-14-33-23)19-6-3-12-28-25(19)31(20)30-15-29-24-21(30)8-4-11-27-24/h1-15H. The third-order valence-corrected chi connectivity index (χ3v) is 8.78. The molecule has 0 radical (unpaired) electrons. The molecule has 0 saturated carbocycles. The summed E-state index contributed by atoms with van der Waals surface area (Å²) < 4.78 is 2.07. The summed E-state index contributed by atoms with van der Waals surface area (Å²) in [4.78, 5) is 16.7. The first-order valence-corrected chi connectivity index (χ1v) is 12.4. The van der Waals surface area contributed by atoms with Crippen molar-refractivity contribution < 1.29 is 0 Å². The van der Waals surface area contributed by atoms with E-state index in [-0.39, 0.29) is 5.41 Å². The predicted molar refractivity (Wildman–Crippen MR) is 132 cm³/mol. The van der Waals surface area contributed by atoms with Crippen LogP contribution < -0.4 is 5.01 Å². The molecule has 6 aromatic rings. The molecule has 5 nitrogen and oxygen atoms in total. The smallest absolute Gasteiger partial charge is 0.179 e. The second kappa shape index (κ2) is 6.15. The lowest BCUT2D eigenvalue weighted by molar-refractivity contribution is 0.701. The molecule has 0 N–H and O–H groups in total. The van der Waals surface area contributed by atoms with Crippen LogP contribution >= 0.6 is 22.7 Å². The summed E-state index contributed by atoms with van der Waals surface area (Å²) in [6.07, 6.45) is 5.49. The Morgan fingerprint density at radius 2 is 1.39 bits per heavy atom. The van der Waals surface area contributed by atoms with E-state index < -0.39 is 0 Å². The molecule has 6 heterocycles. The lowest BCUT2D eigenvalue weighted by Gasteiger charge is -2.43. The van der Waals surface area contributed by atoms with Gasteiger partial charge in [0, 0.05) is 27.7 Å². The number of aromatic nitrogens is 4. The highest BCUT2D eigenvalue weighted by Crippen LogP contribution is 2.64. The SMILES string of the molecule is c1ccc2c(c1)N(n1cnc3ncccc31)c1ncccc1C21c2ccsc2-c2sccc21. The number of anilines is 2. The summed E-state index contributed by atoms with van der Waals surface area (Å²) in [5, 5.41) is 6.62. The minimum Gasteiger partial charge on any atom is -0.237 e. The monoisotopic (exact) mass is 461 g/mol. The van der Waals surface area contributed by atoms with Crippen LogP contribution in [0.3, 0.4) is 0 Å². The second-order valence-electron chi connectivity index (χ2n) is 8.22. The van der Waals surface area contributed by atoms with Gasteiger partial charge in [-0.3, -0.25) is 0 Å². The Bertz CT molecular complexity index is 1620. The zero-order valence-corrected chi connectivity index (χ0v) is 18.8. The first-order chi connectivity index (χ1) is 16.4. The Morgan fingerprint density at radius 1 is 0.667 bits per heavy atom. The Kier molecular flexibility index (Phi) is 3.30. The Hall–Kier alpha value is -3.81. The number of fused-ring (bicyclic) bond motifs is 10. The van der Waals surface area contributed by atoms with Gasteiger partial charge < -0.3 is 0 Å². The number of thiophene rings is 2. The molecule has 8 rings (SSSR count). The van der Waals surface area contributed by atoms with E-state index in [1.54, 1.807) is 6.20 Å². The van der Waals surface area contributed by atoms with E-state index >= 15 is 0 Å². The van der Waals surface area contributed by atoms with Gasteiger partial charge in [0.05, 0.1) is 11.1 Å². The Labute approximate surface area is 197 Å². The van der Waals surface area contributed by atoms with Crippen LogP contribution in [0.15, 0.2) is 90.1 Å². The van der Waals surface area contributed by atoms with Crippen LogP contribution in [0.2, 0.25) is 0 Å². The van der Waals surface area contributed by atoms with Crippen molar-refractivity contribution in [3.63, 3.8) is 0 Å². The van der Waals surface area contributed by atoms with Crippen molar-refractivity contribution >= 4 is 45.3 Å². The van der Waals surface area contributed by atoms with Crippen molar-refractivity contribution in [3.8, 4) is 9.75 Å². The highest BCUT2D eigenvalue weighted by atomic mass is 32.1. The lowest BCUT2D eigenvalue weighted by Crippen LogP contribution is -2.39. The van der Waals surface area contributed by atoms with Crippen LogP contribution in [0, 0.1) is 0 Å². The van der Waals surface area contributed by atoms with Crippen molar-refractivity contribution in [1.82, 2.24) is 19.6 Å². The van der Waals surface area contributed by atoms with Crippen molar-refractivity contribution in [2.24, 2.45) is 0 Å². The number of rotatable bonds is 1. The number of para-hydroxylation sites is 1. The fraction of sp³-hybridized carbons (Fsp3) is 0.0385. The molecule has 1 aliphatic heterocycles. The minimum absolute atomic E-state index is 0.379. The van der Waals surface area contributed by atoms with Gasteiger partial charge in [-0.1, -0.05) is 24.3 Å². The number of imidazole rings is 1. The van der Waals surface area contributed by atoms with E-state index in [4.69, 9.17) is 4.98 Å². The van der Waals surface area contributed by atoms with Gasteiger partial charge in [0.25, 0.3) is 0 Å². The number of pyridine rings is 2. The van der Waals surface area contributed by atoms with Crippen molar-refractivity contribution in [3.05, 3.63) is 112 Å². The maximum absolute atomic E-state index is 4.96. The summed E-state index contributed by atoms with van der Waals surface area (Å²) in [6, 6.07) is 21.6. The number of hydrogen-bond donors (Lipinski definition) is 0. The minimum atomic E-state index is -0.379. The van der Waals surface area contributed by atoms with Gasteiger partial charge in [-0.2, -0.15) is 0 Å². The van der Waals surface area contributed by atoms with E-state index in [9.17, 15) is 0 Å². The second-order valence-corrected chi connectivity index (χ2v) is 10.0. The van der Waals surface area contributed by atoms with E-state index in [0.717, 1.165) is 17.0 Å². The third kappa shape index (κ3) is 2.01. The van der Waals surface area contributed by atoms with Crippen molar-refractivity contribution in [2.75, 3.05) is 5.01 Å². The Morgan fingerprint density at radius 3 is 2.24 bits per heavy atom. The predicted octanol–water partition coefficient (Wildman–Crippen LogP) is 6.23. The van der Waals surface area contributed by atoms with Gasteiger partial charge in [-0.15, -0.1) is 22.7 Å². The summed E-state index contributed by atoms with van der Waals surface area (Å²) >= 11 is 3.66. The van der Waals surface area contributed by atoms with E-state index in [1.807, 2.05) is 41.3 Å². The van der Waals surface area contributed by atoms with Gasteiger partial charge in [-0.05, 0) is 63.8 Å². The fourth-order valence-electron chi connectivity index (χ4n) is 5.60. The first kappa shape index (κ1) is 17.7. The highest BCUT2D eigenvalue weighted by Gasteiger charge is 2.53. The summed E-state index contributed by atoms with van der Waals surface area (Å²) in [5.41, 5.74) is 7.53. The normalized spacial score (nSPS) is 14.8. The molecule has 0 amide bonds.